The molecule has 1 nitrogen and oxygen atoms in total. The van der Waals surface area contributed by atoms with Crippen molar-refractivity contribution in [2.75, 3.05) is 6.61 Å². The van der Waals surface area contributed by atoms with E-state index in [1.807, 2.05) is 0 Å². The molecule has 1 atom stereocenters. The van der Waals surface area contributed by atoms with Gasteiger partial charge >= 0.3 is 18.5 Å². The van der Waals surface area contributed by atoms with Gasteiger partial charge in [-0.2, -0.15) is 17.6 Å². The molecule has 0 aliphatic carbocycles. The van der Waals surface area contributed by atoms with Gasteiger partial charge in [0.1, 0.15) is 0 Å². The summed E-state index contributed by atoms with van der Waals surface area (Å²) in [6, 6.07) is 0. The van der Waals surface area contributed by atoms with Crippen molar-refractivity contribution in [3.05, 3.63) is 0 Å². The van der Waals surface area contributed by atoms with Crippen LogP contribution in [-0.2, 0) is 4.74 Å². The molecular weight excluding hydrogens is 202 g/mol. The van der Waals surface area contributed by atoms with E-state index in [1.54, 1.807) is 0 Å². The maximum atomic E-state index is 12.5. The average molecular weight is 210 g/mol. The van der Waals surface area contributed by atoms with E-state index in [0.717, 1.165) is 0 Å². The summed E-state index contributed by atoms with van der Waals surface area (Å²) in [4.78, 5) is 0. The van der Waals surface area contributed by atoms with Crippen LogP contribution in [0.4, 0.5) is 26.3 Å². The normalized spacial score (nSPS) is 17.5. The highest BCUT2D eigenvalue weighted by Crippen LogP contribution is 2.39. The van der Waals surface area contributed by atoms with Crippen LogP contribution in [-0.4, -0.2) is 25.1 Å². The van der Waals surface area contributed by atoms with Crippen molar-refractivity contribution in [2.45, 2.75) is 31.8 Å². The lowest BCUT2D eigenvalue weighted by Gasteiger charge is -2.26. The second-order valence-electron chi connectivity index (χ2n) is 2.29. The minimum absolute atomic E-state index is 0.0223. The number of hydrogen-bond acceptors (Lipinski definition) is 1. The molecule has 0 saturated heterocycles. The quantitative estimate of drug-likeness (QED) is 0.648. The first-order valence-electron chi connectivity index (χ1n) is 3.43. The lowest BCUT2D eigenvalue weighted by Crippen LogP contribution is -2.49. The van der Waals surface area contributed by atoms with E-state index >= 15 is 0 Å². The lowest BCUT2D eigenvalue weighted by molar-refractivity contribution is -0.369. The molecule has 0 bridgehead atoms. The standard InChI is InChI=1S/C6H8F6O/c1-2-3-13-5(9,4(7)8)6(10,11)12/h4H,2-3H2,1H3. The van der Waals surface area contributed by atoms with Gasteiger partial charge in [0.2, 0.25) is 0 Å². The molecule has 0 heterocycles. The highest BCUT2D eigenvalue weighted by atomic mass is 19.4. The van der Waals surface area contributed by atoms with E-state index in [0.29, 0.717) is 0 Å². The molecule has 0 spiro atoms. The molecule has 0 N–H and O–H groups in total. The van der Waals surface area contributed by atoms with Crippen LogP contribution in [0.1, 0.15) is 13.3 Å². The van der Waals surface area contributed by atoms with E-state index in [2.05, 4.69) is 4.74 Å². The molecule has 0 aromatic rings. The topological polar surface area (TPSA) is 9.23 Å². The van der Waals surface area contributed by atoms with Crippen molar-refractivity contribution in [1.82, 2.24) is 0 Å². The summed E-state index contributed by atoms with van der Waals surface area (Å²) >= 11 is 0. The Hall–Kier alpha value is -0.460. The summed E-state index contributed by atoms with van der Waals surface area (Å²) in [6.45, 7) is 0.669. The summed E-state index contributed by atoms with van der Waals surface area (Å²) < 4.78 is 74.4. The van der Waals surface area contributed by atoms with Gasteiger partial charge in [-0.15, -0.1) is 0 Å². The van der Waals surface area contributed by atoms with Crippen molar-refractivity contribution in [3.8, 4) is 0 Å². The summed E-state index contributed by atoms with van der Waals surface area (Å²) in [7, 11) is 0. The van der Waals surface area contributed by atoms with Gasteiger partial charge in [0.05, 0.1) is 6.61 Å². The molecule has 0 aromatic heterocycles. The first kappa shape index (κ1) is 12.5. The van der Waals surface area contributed by atoms with E-state index in [4.69, 9.17) is 0 Å². The molecule has 1 unspecified atom stereocenters. The summed E-state index contributed by atoms with van der Waals surface area (Å²) in [5.41, 5.74) is 0. The van der Waals surface area contributed by atoms with Gasteiger partial charge in [0.15, 0.2) is 0 Å². The third kappa shape index (κ3) is 2.75. The fraction of sp³-hybridized carbons (Fsp3) is 1.00. The van der Waals surface area contributed by atoms with Crippen molar-refractivity contribution >= 4 is 0 Å². The Labute approximate surface area is 70.7 Å². The zero-order valence-electron chi connectivity index (χ0n) is 6.67. The maximum Gasteiger partial charge on any atom is 0.454 e. The zero-order chi connectivity index (χ0) is 10.7. The third-order valence-corrected chi connectivity index (χ3v) is 1.18. The molecule has 0 fully saturated rings. The van der Waals surface area contributed by atoms with Crippen LogP contribution in [0.5, 0.6) is 0 Å². The highest BCUT2D eigenvalue weighted by Gasteiger charge is 2.64. The maximum absolute atomic E-state index is 12.5. The van der Waals surface area contributed by atoms with Crippen molar-refractivity contribution in [3.63, 3.8) is 0 Å². The first-order chi connectivity index (χ1) is 5.75. The van der Waals surface area contributed by atoms with Crippen LogP contribution in [0.2, 0.25) is 0 Å². The van der Waals surface area contributed by atoms with Crippen LogP contribution in [0.15, 0.2) is 0 Å². The van der Waals surface area contributed by atoms with Gasteiger partial charge in [0, 0.05) is 0 Å². The second-order valence-corrected chi connectivity index (χ2v) is 2.29. The molecule has 0 amide bonds. The molecule has 13 heavy (non-hydrogen) atoms. The van der Waals surface area contributed by atoms with Gasteiger partial charge in [-0.25, -0.2) is 8.78 Å². The summed E-state index contributed by atoms with van der Waals surface area (Å²) in [5, 5.41) is 0. The SMILES string of the molecule is CCCOC(F)(C(F)F)C(F)(F)F. The fourth-order valence-corrected chi connectivity index (χ4v) is 0.519. The van der Waals surface area contributed by atoms with Gasteiger partial charge < -0.3 is 4.74 Å². The minimum Gasteiger partial charge on any atom is -0.335 e. The lowest BCUT2D eigenvalue weighted by atomic mass is 10.3. The van der Waals surface area contributed by atoms with Crippen molar-refractivity contribution in [2.24, 2.45) is 0 Å². The first-order valence-corrected chi connectivity index (χ1v) is 3.43. The van der Waals surface area contributed by atoms with Crippen LogP contribution in [0.25, 0.3) is 0 Å². The van der Waals surface area contributed by atoms with Gasteiger partial charge in [-0.3, -0.25) is 0 Å². The van der Waals surface area contributed by atoms with Crippen molar-refractivity contribution in [1.29, 1.82) is 0 Å². The van der Waals surface area contributed by atoms with E-state index in [-0.39, 0.29) is 6.42 Å². The summed E-state index contributed by atoms with van der Waals surface area (Å²) in [6.07, 6.45) is -9.93. The predicted octanol–water partition coefficient (Wildman–Crippen LogP) is 2.91. The zero-order valence-corrected chi connectivity index (χ0v) is 6.67. The second kappa shape index (κ2) is 4.17. The molecule has 0 radical (unpaired) electrons. The molecule has 0 aromatic carbocycles. The average Bonchev–Trinajstić information content (AvgIpc) is 1.97. The Morgan fingerprint density at radius 3 is 1.85 bits per heavy atom. The predicted molar refractivity (Wildman–Crippen MR) is 32.1 cm³/mol. The Bertz CT molecular complexity index is 156. The van der Waals surface area contributed by atoms with E-state index in [1.165, 1.54) is 6.92 Å². The Balaban J connectivity index is 4.54. The molecule has 7 heteroatoms. The molecule has 0 saturated carbocycles. The molecule has 0 aliphatic rings. The number of ether oxygens (including phenoxy) is 1. The Kier molecular flexibility index (Phi) is 4.02. The minimum atomic E-state index is -5.71. The summed E-state index contributed by atoms with van der Waals surface area (Å²) in [5.74, 6) is -4.84. The fourth-order valence-electron chi connectivity index (χ4n) is 0.519. The number of halogens is 6. The Morgan fingerprint density at radius 2 is 1.62 bits per heavy atom. The van der Waals surface area contributed by atoms with Crippen LogP contribution in [0, 0.1) is 0 Å². The molecular formula is C6H8F6O. The molecule has 0 aliphatic heterocycles. The van der Waals surface area contributed by atoms with Gasteiger partial charge in [0.25, 0.3) is 0 Å². The largest absolute Gasteiger partial charge is 0.454 e. The van der Waals surface area contributed by atoms with Crippen LogP contribution >= 0.6 is 0 Å². The smallest absolute Gasteiger partial charge is 0.335 e. The third-order valence-electron chi connectivity index (χ3n) is 1.18. The number of rotatable bonds is 4. The number of hydrogen-bond donors (Lipinski definition) is 0. The van der Waals surface area contributed by atoms with E-state index < -0.39 is 25.1 Å². The monoisotopic (exact) mass is 210 g/mol. The Morgan fingerprint density at radius 1 is 1.15 bits per heavy atom. The molecule has 80 valence electrons. The van der Waals surface area contributed by atoms with Crippen LogP contribution < -0.4 is 0 Å². The number of alkyl halides is 6. The van der Waals surface area contributed by atoms with Crippen LogP contribution in [0.3, 0.4) is 0 Å². The van der Waals surface area contributed by atoms with E-state index in [9.17, 15) is 26.3 Å². The van der Waals surface area contributed by atoms with Crippen molar-refractivity contribution < 1.29 is 31.1 Å². The molecule has 0 rings (SSSR count). The van der Waals surface area contributed by atoms with Gasteiger partial charge in [-0.1, -0.05) is 6.92 Å². The van der Waals surface area contributed by atoms with Gasteiger partial charge in [-0.05, 0) is 6.42 Å². The highest BCUT2D eigenvalue weighted by molar-refractivity contribution is 4.80.